The second-order valence-corrected chi connectivity index (χ2v) is 4.72. The molecule has 1 fully saturated rings. The first kappa shape index (κ1) is 16.6. The maximum atomic E-state index is 11.3. The van der Waals surface area contributed by atoms with Gasteiger partial charge in [0.05, 0.1) is 0 Å². The quantitative estimate of drug-likeness (QED) is 0.244. The van der Waals surface area contributed by atoms with Gasteiger partial charge in [-0.05, 0) is 18.2 Å². The van der Waals surface area contributed by atoms with Crippen molar-refractivity contribution in [3.63, 3.8) is 0 Å². The van der Waals surface area contributed by atoms with Crippen molar-refractivity contribution < 1.29 is 61.3 Å². The Morgan fingerprint density at radius 3 is 2.10 bits per heavy atom. The Hall–Kier alpha value is -1.46. The number of nitrogens with one attached hydrogen (secondary N) is 2. The van der Waals surface area contributed by atoms with Crippen molar-refractivity contribution in [2.75, 3.05) is 0 Å². The molecule has 2 N–H and O–H groups in total. The van der Waals surface area contributed by atoms with Crippen molar-refractivity contribution in [1.82, 2.24) is 10.6 Å². The first-order valence-corrected chi connectivity index (χ1v) is 6.12. The molecule has 0 atom stereocenters. The number of rotatable bonds is 2. The molecule has 1 aromatic heterocycles. The van der Waals surface area contributed by atoms with E-state index in [2.05, 4.69) is 4.42 Å². The third kappa shape index (κ3) is 3.55. The van der Waals surface area contributed by atoms with E-state index in [4.69, 9.17) is 0 Å². The van der Waals surface area contributed by atoms with Crippen LogP contribution in [0, 0.1) is 0 Å². The maximum absolute atomic E-state index is 11.3. The van der Waals surface area contributed by atoms with Gasteiger partial charge < -0.3 is 8.97 Å². The summed E-state index contributed by atoms with van der Waals surface area (Å²) in [4.78, 5) is 33.5. The molecule has 2 rings (SSSR count). The first-order chi connectivity index (χ1) is 8.77. The normalized spacial score (nSPS) is 15.2. The van der Waals surface area contributed by atoms with Crippen LogP contribution < -0.4 is 40.2 Å². The van der Waals surface area contributed by atoms with Crippen LogP contribution >= 0.6 is 0 Å². The Balaban J connectivity index is 0.00000200. The molecule has 9 nitrogen and oxygen atoms in total. The molecule has 0 unspecified atom stereocenters. The van der Waals surface area contributed by atoms with Crippen molar-refractivity contribution in [2.45, 2.75) is 5.09 Å². The second kappa shape index (κ2) is 5.89. The SMILES string of the molecule is O=C1NC(=O)C(=Cc2ccc(S(=O)(=O)[O-])o2)C(=O)N1.[Na+]. The molecule has 0 aromatic carbocycles. The third-order valence-electron chi connectivity index (χ3n) is 2.08. The van der Waals surface area contributed by atoms with Gasteiger partial charge in [0.1, 0.15) is 11.3 Å². The zero-order valence-corrected chi connectivity index (χ0v) is 12.8. The molecule has 100 valence electrons. The van der Waals surface area contributed by atoms with Gasteiger partial charge in [0.15, 0.2) is 10.1 Å². The summed E-state index contributed by atoms with van der Waals surface area (Å²) in [7, 11) is -4.76. The van der Waals surface area contributed by atoms with Crippen LogP contribution in [0.25, 0.3) is 6.08 Å². The fourth-order valence-corrected chi connectivity index (χ4v) is 1.73. The number of amides is 4. The minimum absolute atomic E-state index is 0. The van der Waals surface area contributed by atoms with Gasteiger partial charge in [-0.25, -0.2) is 13.2 Å². The average molecular weight is 308 g/mol. The van der Waals surface area contributed by atoms with E-state index in [1.165, 1.54) is 0 Å². The summed E-state index contributed by atoms with van der Waals surface area (Å²) in [5.74, 6) is -2.11. The number of carbonyl (C=O) groups excluding carboxylic acids is 3. The zero-order valence-electron chi connectivity index (χ0n) is 10.00. The van der Waals surface area contributed by atoms with Crippen molar-refractivity contribution in [1.29, 1.82) is 0 Å². The molecular weight excluding hydrogens is 303 g/mol. The van der Waals surface area contributed by atoms with Crippen LogP contribution in [-0.2, 0) is 19.7 Å². The average Bonchev–Trinajstić information content (AvgIpc) is 2.71. The van der Waals surface area contributed by atoms with Crippen LogP contribution in [0.2, 0.25) is 0 Å². The van der Waals surface area contributed by atoms with E-state index in [1.807, 2.05) is 10.6 Å². The smallest absolute Gasteiger partial charge is 0.742 e. The van der Waals surface area contributed by atoms with E-state index in [-0.39, 0.29) is 35.3 Å². The standard InChI is InChI=1S/C9H6N2O7S.Na/c12-7-5(8(13)11-9(14)10-7)3-4-1-2-6(18-4)19(15,16)17;/h1-3H,(H,15,16,17)(H2,10,11,12,13,14);/q;+1/p-1. The number of urea groups is 1. The summed E-state index contributed by atoms with van der Waals surface area (Å²) in [6.07, 6.45) is 0.909. The molecule has 0 saturated carbocycles. The number of hydrogen-bond donors (Lipinski definition) is 2. The molecule has 0 aliphatic carbocycles. The van der Waals surface area contributed by atoms with Gasteiger partial charge in [-0.15, -0.1) is 0 Å². The fourth-order valence-electron chi connectivity index (χ4n) is 1.29. The number of furan rings is 1. The number of imide groups is 2. The Labute approximate surface area is 134 Å². The summed E-state index contributed by atoms with van der Waals surface area (Å²) in [6, 6.07) is 1.02. The molecular formula is C9H5N2NaO7S. The van der Waals surface area contributed by atoms with Crippen LogP contribution in [0.5, 0.6) is 0 Å². The van der Waals surface area contributed by atoms with E-state index in [0.717, 1.165) is 18.2 Å². The van der Waals surface area contributed by atoms with Gasteiger partial charge in [0, 0.05) is 0 Å². The van der Waals surface area contributed by atoms with Crippen LogP contribution in [-0.4, -0.2) is 30.8 Å². The van der Waals surface area contributed by atoms with E-state index in [1.54, 1.807) is 0 Å². The summed E-state index contributed by atoms with van der Waals surface area (Å²) < 4.78 is 36.6. The molecule has 1 saturated heterocycles. The summed E-state index contributed by atoms with van der Waals surface area (Å²) in [6.45, 7) is 0. The maximum Gasteiger partial charge on any atom is 1.00 e. The molecule has 1 aromatic rings. The molecule has 1 aliphatic rings. The number of barbiturate groups is 1. The molecule has 11 heteroatoms. The predicted molar refractivity (Wildman–Crippen MR) is 56.3 cm³/mol. The Morgan fingerprint density at radius 2 is 1.65 bits per heavy atom. The topological polar surface area (TPSA) is 146 Å². The molecule has 0 radical (unpaired) electrons. The first-order valence-electron chi connectivity index (χ1n) is 4.71. The van der Waals surface area contributed by atoms with Gasteiger partial charge in [0.25, 0.3) is 11.8 Å². The molecule has 0 spiro atoms. The van der Waals surface area contributed by atoms with Crippen molar-refractivity contribution in [2.24, 2.45) is 0 Å². The zero-order chi connectivity index (χ0) is 14.2. The van der Waals surface area contributed by atoms with E-state index >= 15 is 0 Å². The Bertz CT molecular complexity index is 696. The Kier molecular flexibility index (Phi) is 4.89. The third-order valence-corrected chi connectivity index (χ3v) is 2.79. The van der Waals surface area contributed by atoms with Crippen LogP contribution in [0.3, 0.4) is 0 Å². The van der Waals surface area contributed by atoms with E-state index in [0.29, 0.717) is 0 Å². The second-order valence-electron chi connectivity index (χ2n) is 3.41. The fraction of sp³-hybridized carbons (Fsp3) is 0. The monoisotopic (exact) mass is 308 g/mol. The van der Waals surface area contributed by atoms with Gasteiger partial charge >= 0.3 is 35.6 Å². The molecule has 0 bridgehead atoms. The number of hydrogen-bond acceptors (Lipinski definition) is 7. The van der Waals surface area contributed by atoms with Crippen LogP contribution in [0.15, 0.2) is 27.2 Å². The van der Waals surface area contributed by atoms with Gasteiger partial charge in [-0.2, -0.15) is 0 Å². The van der Waals surface area contributed by atoms with Crippen LogP contribution in [0.4, 0.5) is 4.79 Å². The van der Waals surface area contributed by atoms with E-state index in [9.17, 15) is 27.4 Å². The largest absolute Gasteiger partial charge is 1.00 e. The van der Waals surface area contributed by atoms with Crippen molar-refractivity contribution in [3.05, 3.63) is 23.5 Å². The molecule has 4 amide bonds. The minimum atomic E-state index is -4.76. The minimum Gasteiger partial charge on any atom is -0.742 e. The molecule has 2 heterocycles. The summed E-state index contributed by atoms with van der Waals surface area (Å²) >= 11 is 0. The van der Waals surface area contributed by atoms with Crippen LogP contribution in [0.1, 0.15) is 5.76 Å². The summed E-state index contributed by atoms with van der Waals surface area (Å²) in [5, 5.41) is 2.79. The van der Waals surface area contributed by atoms with Gasteiger partial charge in [-0.1, -0.05) is 0 Å². The Morgan fingerprint density at radius 1 is 1.10 bits per heavy atom. The van der Waals surface area contributed by atoms with Crippen molar-refractivity contribution >= 4 is 34.0 Å². The summed E-state index contributed by atoms with van der Waals surface area (Å²) in [5.41, 5.74) is -0.455. The van der Waals surface area contributed by atoms with E-state index < -0.39 is 38.6 Å². The van der Waals surface area contributed by atoms with Gasteiger partial charge in [-0.3, -0.25) is 20.2 Å². The predicted octanol–water partition coefficient (Wildman–Crippen LogP) is -4.06. The van der Waals surface area contributed by atoms with Gasteiger partial charge in [0.2, 0.25) is 5.09 Å². The van der Waals surface area contributed by atoms with Crippen molar-refractivity contribution in [3.8, 4) is 0 Å². The molecule has 20 heavy (non-hydrogen) atoms. The number of carbonyl (C=O) groups is 3. The molecule has 1 aliphatic heterocycles.